The van der Waals surface area contributed by atoms with E-state index in [1.54, 1.807) is 19.2 Å². The topological polar surface area (TPSA) is 47.3 Å². The quantitative estimate of drug-likeness (QED) is 0.577. The van der Waals surface area contributed by atoms with Crippen LogP contribution in [0.5, 0.6) is 0 Å². The van der Waals surface area contributed by atoms with Gasteiger partial charge in [-0.25, -0.2) is 4.39 Å². The molecule has 0 amide bonds. The Bertz CT molecular complexity index is 285. The molecule has 0 aliphatic carbocycles. The van der Waals surface area contributed by atoms with Crippen LogP contribution in [0.4, 0.5) is 4.39 Å². The van der Waals surface area contributed by atoms with Crippen molar-refractivity contribution in [2.75, 3.05) is 7.11 Å². The summed E-state index contributed by atoms with van der Waals surface area (Å²) >= 11 is 0. The minimum atomic E-state index is -0.250. The van der Waals surface area contributed by atoms with Gasteiger partial charge in [0.15, 0.2) is 0 Å². The second kappa shape index (κ2) is 5.80. The highest BCUT2D eigenvalue weighted by Gasteiger charge is 2.19. The largest absolute Gasteiger partial charge is 0.379 e. The second-order valence-electron chi connectivity index (χ2n) is 3.38. The summed E-state index contributed by atoms with van der Waals surface area (Å²) in [5.74, 6) is 5.22. The lowest BCUT2D eigenvalue weighted by molar-refractivity contribution is 0.0651. The zero-order chi connectivity index (χ0) is 11.3. The summed E-state index contributed by atoms with van der Waals surface area (Å²) in [4.78, 5) is 0. The number of halogens is 1. The first-order chi connectivity index (χ1) is 7.22. The van der Waals surface area contributed by atoms with Gasteiger partial charge in [-0.15, -0.1) is 0 Å². The van der Waals surface area contributed by atoms with E-state index < -0.39 is 0 Å². The van der Waals surface area contributed by atoms with Crippen LogP contribution in [0.1, 0.15) is 24.9 Å². The molecule has 0 saturated heterocycles. The van der Waals surface area contributed by atoms with Crippen molar-refractivity contribution >= 4 is 0 Å². The summed E-state index contributed by atoms with van der Waals surface area (Å²) in [5, 5.41) is 0. The molecule has 1 aromatic rings. The maximum Gasteiger partial charge on any atom is 0.123 e. The molecule has 2 unspecified atom stereocenters. The van der Waals surface area contributed by atoms with Gasteiger partial charge in [0.05, 0.1) is 12.1 Å². The van der Waals surface area contributed by atoms with Crippen LogP contribution >= 0.6 is 0 Å². The van der Waals surface area contributed by atoms with Crippen LogP contribution in [0.15, 0.2) is 24.3 Å². The number of benzene rings is 1. The fraction of sp³-hybridized carbons (Fsp3) is 0.455. The van der Waals surface area contributed by atoms with Crippen molar-refractivity contribution in [2.24, 2.45) is 5.84 Å². The number of ether oxygens (including phenoxy) is 1. The van der Waals surface area contributed by atoms with Crippen LogP contribution in [0, 0.1) is 5.82 Å². The third-order valence-corrected chi connectivity index (χ3v) is 2.49. The molecule has 0 fully saturated rings. The monoisotopic (exact) mass is 212 g/mol. The van der Waals surface area contributed by atoms with E-state index in [4.69, 9.17) is 10.6 Å². The molecule has 0 spiro atoms. The molecular formula is C11H17FN2O. The maximum atomic E-state index is 12.7. The molecular weight excluding hydrogens is 195 g/mol. The van der Waals surface area contributed by atoms with E-state index >= 15 is 0 Å². The second-order valence-corrected chi connectivity index (χ2v) is 3.38. The molecule has 3 nitrogen and oxygen atoms in total. The van der Waals surface area contributed by atoms with Gasteiger partial charge in [0.25, 0.3) is 0 Å². The van der Waals surface area contributed by atoms with Gasteiger partial charge in [-0.05, 0) is 24.1 Å². The lowest BCUT2D eigenvalue weighted by atomic mass is 10.0. The highest BCUT2D eigenvalue weighted by molar-refractivity contribution is 5.20. The number of nitrogens with one attached hydrogen (secondary N) is 1. The van der Waals surface area contributed by atoms with E-state index in [0.29, 0.717) is 0 Å². The molecule has 15 heavy (non-hydrogen) atoms. The summed E-state index contributed by atoms with van der Waals surface area (Å²) < 4.78 is 18.0. The van der Waals surface area contributed by atoms with E-state index in [9.17, 15) is 4.39 Å². The average molecular weight is 212 g/mol. The van der Waals surface area contributed by atoms with Gasteiger partial charge < -0.3 is 4.74 Å². The Morgan fingerprint density at radius 1 is 1.40 bits per heavy atom. The van der Waals surface area contributed by atoms with Crippen LogP contribution in [0.25, 0.3) is 0 Å². The Hall–Kier alpha value is -0.970. The van der Waals surface area contributed by atoms with Crippen molar-refractivity contribution in [2.45, 2.75) is 25.5 Å². The van der Waals surface area contributed by atoms with Crippen molar-refractivity contribution in [3.63, 3.8) is 0 Å². The predicted octanol–water partition coefficient (Wildman–Crippen LogP) is 1.76. The SMILES string of the molecule is CCC(OC)C(NN)c1ccc(F)cc1. The lowest BCUT2D eigenvalue weighted by Crippen LogP contribution is -2.37. The van der Waals surface area contributed by atoms with Gasteiger partial charge in [0.1, 0.15) is 5.82 Å². The molecule has 0 bridgehead atoms. The molecule has 0 heterocycles. The molecule has 3 N–H and O–H groups in total. The Kier molecular flexibility index (Phi) is 4.68. The van der Waals surface area contributed by atoms with Crippen LogP contribution in [0.2, 0.25) is 0 Å². The standard InChI is InChI=1S/C11H17FN2O/c1-3-10(15-2)11(14-13)8-4-6-9(12)7-5-8/h4-7,10-11,14H,3,13H2,1-2H3. The normalized spacial score (nSPS) is 14.9. The highest BCUT2D eigenvalue weighted by atomic mass is 19.1. The molecule has 0 saturated carbocycles. The van der Waals surface area contributed by atoms with E-state index in [-0.39, 0.29) is 18.0 Å². The van der Waals surface area contributed by atoms with E-state index in [2.05, 4.69) is 5.43 Å². The minimum Gasteiger partial charge on any atom is -0.379 e. The molecule has 84 valence electrons. The summed E-state index contributed by atoms with van der Waals surface area (Å²) in [5.41, 5.74) is 3.62. The summed E-state index contributed by atoms with van der Waals surface area (Å²) in [6, 6.07) is 6.15. The van der Waals surface area contributed by atoms with Crippen molar-refractivity contribution in [3.8, 4) is 0 Å². The summed E-state index contributed by atoms with van der Waals surface area (Å²) in [6.07, 6.45) is 0.823. The van der Waals surface area contributed by atoms with Crippen molar-refractivity contribution in [3.05, 3.63) is 35.6 Å². The smallest absolute Gasteiger partial charge is 0.123 e. The maximum absolute atomic E-state index is 12.7. The molecule has 0 radical (unpaired) electrons. The number of hydrazine groups is 1. The Morgan fingerprint density at radius 2 is 2.00 bits per heavy atom. The Morgan fingerprint density at radius 3 is 2.40 bits per heavy atom. The minimum absolute atomic E-state index is 0.0135. The number of hydrogen-bond donors (Lipinski definition) is 2. The number of rotatable bonds is 5. The van der Waals surface area contributed by atoms with Crippen molar-refractivity contribution in [1.29, 1.82) is 0 Å². The number of methoxy groups -OCH3 is 1. The number of nitrogens with two attached hydrogens (primary N) is 1. The van der Waals surface area contributed by atoms with Gasteiger partial charge in [0.2, 0.25) is 0 Å². The lowest BCUT2D eigenvalue weighted by Gasteiger charge is -2.24. The average Bonchev–Trinajstić information content (AvgIpc) is 2.27. The summed E-state index contributed by atoms with van der Waals surface area (Å²) in [6.45, 7) is 2.02. The molecule has 1 rings (SSSR count). The van der Waals surface area contributed by atoms with Gasteiger partial charge in [-0.1, -0.05) is 19.1 Å². The van der Waals surface area contributed by atoms with Crippen LogP contribution < -0.4 is 11.3 Å². The third-order valence-electron chi connectivity index (χ3n) is 2.49. The molecule has 0 aliphatic heterocycles. The zero-order valence-electron chi connectivity index (χ0n) is 9.03. The third kappa shape index (κ3) is 2.99. The zero-order valence-corrected chi connectivity index (χ0v) is 9.03. The van der Waals surface area contributed by atoms with Gasteiger partial charge >= 0.3 is 0 Å². The van der Waals surface area contributed by atoms with Crippen LogP contribution in [-0.2, 0) is 4.74 Å². The van der Waals surface area contributed by atoms with Crippen molar-refractivity contribution in [1.82, 2.24) is 5.43 Å². The Labute approximate surface area is 89.4 Å². The first-order valence-corrected chi connectivity index (χ1v) is 4.97. The van der Waals surface area contributed by atoms with Crippen LogP contribution in [0.3, 0.4) is 0 Å². The van der Waals surface area contributed by atoms with Gasteiger partial charge in [0, 0.05) is 7.11 Å². The molecule has 0 aromatic heterocycles. The molecule has 4 heteroatoms. The molecule has 2 atom stereocenters. The van der Waals surface area contributed by atoms with E-state index in [1.165, 1.54) is 12.1 Å². The van der Waals surface area contributed by atoms with Crippen LogP contribution in [-0.4, -0.2) is 13.2 Å². The number of hydrogen-bond acceptors (Lipinski definition) is 3. The first kappa shape index (κ1) is 12.1. The van der Waals surface area contributed by atoms with E-state index in [0.717, 1.165) is 12.0 Å². The van der Waals surface area contributed by atoms with E-state index in [1.807, 2.05) is 6.92 Å². The highest BCUT2D eigenvalue weighted by Crippen LogP contribution is 2.20. The molecule has 1 aromatic carbocycles. The fourth-order valence-electron chi connectivity index (χ4n) is 1.63. The predicted molar refractivity (Wildman–Crippen MR) is 57.6 cm³/mol. The van der Waals surface area contributed by atoms with Gasteiger partial charge in [-0.3, -0.25) is 11.3 Å². The first-order valence-electron chi connectivity index (χ1n) is 4.97. The fourth-order valence-corrected chi connectivity index (χ4v) is 1.63. The summed E-state index contributed by atoms with van der Waals surface area (Å²) in [7, 11) is 1.64. The van der Waals surface area contributed by atoms with Crippen molar-refractivity contribution < 1.29 is 9.13 Å². The van der Waals surface area contributed by atoms with Gasteiger partial charge in [-0.2, -0.15) is 0 Å². The Balaban J connectivity index is 2.86. The molecule has 0 aliphatic rings.